The fourth-order valence-electron chi connectivity index (χ4n) is 9.08. The van der Waals surface area contributed by atoms with Crippen LogP contribution in [0.25, 0.3) is 66.7 Å². The second-order valence-corrected chi connectivity index (χ2v) is 15.9. The summed E-state index contributed by atoms with van der Waals surface area (Å²) in [6.07, 6.45) is 0. The average molecular weight is 733 g/mol. The van der Waals surface area contributed by atoms with E-state index in [2.05, 4.69) is 231 Å². The molecule has 0 N–H and O–H groups in total. The summed E-state index contributed by atoms with van der Waals surface area (Å²) in [5, 5.41) is 1.25. The summed E-state index contributed by atoms with van der Waals surface area (Å²) < 4.78 is 2.35. The van der Waals surface area contributed by atoms with Gasteiger partial charge in [0, 0.05) is 46.0 Å². The molecule has 0 spiro atoms. The molecule has 2 heteroatoms. The summed E-state index contributed by atoms with van der Waals surface area (Å²) in [7, 11) is 2.19. The third kappa shape index (κ3) is 5.88. The van der Waals surface area contributed by atoms with Gasteiger partial charge in [-0.3, -0.25) is 0 Å². The van der Waals surface area contributed by atoms with Gasteiger partial charge in [-0.15, -0.1) is 0 Å². The molecule has 0 fully saturated rings. The lowest BCUT2D eigenvalue weighted by Gasteiger charge is -2.28. The van der Waals surface area contributed by atoms with E-state index in [9.17, 15) is 0 Å². The molecule has 57 heavy (non-hydrogen) atoms. The average Bonchev–Trinajstić information content (AvgIpc) is 3.68. The van der Waals surface area contributed by atoms with E-state index in [0.717, 1.165) is 17.1 Å². The van der Waals surface area contributed by atoms with Gasteiger partial charge in [-0.05, 0) is 105 Å². The predicted molar refractivity (Wildman–Crippen MR) is 242 cm³/mol. The number of hydrogen-bond donors (Lipinski definition) is 0. The maximum Gasteiger partial charge on any atom is 0.0568 e. The van der Waals surface area contributed by atoms with Crippen molar-refractivity contribution in [3.8, 4) is 55.8 Å². The summed E-state index contributed by atoms with van der Waals surface area (Å²) in [6.45, 7) is 6.84. The molecule has 0 saturated carbocycles. The van der Waals surface area contributed by atoms with Crippen molar-refractivity contribution in [1.82, 2.24) is 4.57 Å². The lowest BCUT2D eigenvalue weighted by molar-refractivity contribution is 0.660. The Labute approximate surface area is 336 Å². The van der Waals surface area contributed by atoms with Gasteiger partial charge < -0.3 is 9.47 Å². The second kappa shape index (κ2) is 13.7. The van der Waals surface area contributed by atoms with Gasteiger partial charge in [0.2, 0.25) is 0 Å². The Hall–Kier alpha value is -6.90. The third-order valence-electron chi connectivity index (χ3n) is 12.1. The molecule has 0 amide bonds. The van der Waals surface area contributed by atoms with Crippen LogP contribution in [0.3, 0.4) is 0 Å². The van der Waals surface area contributed by atoms with Crippen molar-refractivity contribution >= 4 is 28.0 Å². The Morgan fingerprint density at radius 3 is 1.60 bits per heavy atom. The molecule has 10 rings (SSSR count). The minimum absolute atomic E-state index is 0.0995. The van der Waals surface area contributed by atoms with E-state index in [-0.39, 0.29) is 5.41 Å². The number of hydrogen-bond acceptors (Lipinski definition) is 1. The lowest BCUT2D eigenvalue weighted by atomic mass is 9.82. The molecule has 0 radical (unpaired) electrons. The molecule has 9 aromatic rings. The zero-order chi connectivity index (χ0) is 38.7. The highest BCUT2D eigenvalue weighted by Gasteiger charge is 2.35. The Morgan fingerprint density at radius 2 is 0.912 bits per heavy atom. The second-order valence-electron chi connectivity index (χ2n) is 15.9. The molecule has 2 nitrogen and oxygen atoms in total. The van der Waals surface area contributed by atoms with Crippen molar-refractivity contribution in [2.75, 3.05) is 4.90 Å². The summed E-state index contributed by atoms with van der Waals surface area (Å²) in [5.41, 5.74) is 20.9. The quantitative estimate of drug-likeness (QED) is 0.158. The molecule has 274 valence electrons. The molecule has 0 aliphatic heterocycles. The van der Waals surface area contributed by atoms with Crippen LogP contribution in [-0.4, -0.2) is 4.57 Å². The first-order valence-corrected chi connectivity index (χ1v) is 19.9. The summed E-state index contributed by atoms with van der Waals surface area (Å²) in [4.78, 5) is 2.41. The molecule has 1 aliphatic rings. The van der Waals surface area contributed by atoms with E-state index in [4.69, 9.17) is 0 Å². The van der Waals surface area contributed by atoms with Gasteiger partial charge >= 0.3 is 0 Å². The summed E-state index contributed by atoms with van der Waals surface area (Å²) in [5.74, 6) is 0. The van der Waals surface area contributed by atoms with Crippen LogP contribution in [0, 0.1) is 6.92 Å². The number of aromatic nitrogens is 1. The Kier molecular flexibility index (Phi) is 8.30. The highest BCUT2D eigenvalue weighted by atomic mass is 15.1. The highest BCUT2D eigenvalue weighted by molar-refractivity contribution is 6.05. The van der Waals surface area contributed by atoms with Crippen LogP contribution in [-0.2, 0) is 12.5 Å². The number of aryl methyl sites for hydroxylation is 2. The fraction of sp³-hybridized carbons (Fsp3) is 0.0909. The SMILES string of the molecule is Cc1ccc(-c2ccc(-c3c(-c4ccc(N(c5ccc(-c6ccccc6)cc5)c5ccc6c(c5)C(C)(C)c5ccccc5-6)cc4)c4ccccc4n3C)cc2)cc1. The zero-order valence-corrected chi connectivity index (χ0v) is 32.9. The maximum atomic E-state index is 2.41. The van der Waals surface area contributed by atoms with Crippen molar-refractivity contribution < 1.29 is 0 Å². The number of anilines is 3. The van der Waals surface area contributed by atoms with Crippen molar-refractivity contribution in [1.29, 1.82) is 0 Å². The zero-order valence-electron chi connectivity index (χ0n) is 32.9. The predicted octanol–water partition coefficient (Wildman–Crippen LogP) is 14.9. The number of nitrogens with zero attached hydrogens (tertiary/aromatic N) is 2. The first kappa shape index (κ1) is 34.6. The Morgan fingerprint density at radius 1 is 0.421 bits per heavy atom. The van der Waals surface area contributed by atoms with Crippen LogP contribution >= 0.6 is 0 Å². The maximum absolute atomic E-state index is 2.41. The van der Waals surface area contributed by atoms with Crippen molar-refractivity contribution in [3.63, 3.8) is 0 Å². The van der Waals surface area contributed by atoms with E-state index >= 15 is 0 Å². The molecule has 8 aromatic carbocycles. The standard InChI is InChI=1S/C55H44N2/c1-37-18-20-39(21-19-37)40-22-24-43(25-23-40)54-53(49-15-9-11-17-52(49)56(54)4)42-28-32-45(33-29-42)57(44-30-26-41(27-31-44)38-12-6-5-7-13-38)46-34-35-48-47-14-8-10-16-50(47)55(2,3)51(48)36-46/h5-36H,1-4H3. The van der Waals surface area contributed by atoms with Crippen LogP contribution < -0.4 is 4.90 Å². The van der Waals surface area contributed by atoms with Crippen molar-refractivity contribution in [3.05, 3.63) is 211 Å². The smallest absolute Gasteiger partial charge is 0.0568 e. The van der Waals surface area contributed by atoms with Crippen molar-refractivity contribution in [2.24, 2.45) is 7.05 Å². The molecule has 1 aliphatic carbocycles. The van der Waals surface area contributed by atoms with Gasteiger partial charge in [-0.2, -0.15) is 0 Å². The van der Waals surface area contributed by atoms with Crippen LogP contribution in [0.15, 0.2) is 194 Å². The highest BCUT2D eigenvalue weighted by Crippen LogP contribution is 2.51. The van der Waals surface area contributed by atoms with Crippen LogP contribution in [0.4, 0.5) is 17.1 Å². The first-order chi connectivity index (χ1) is 27.8. The summed E-state index contributed by atoms with van der Waals surface area (Å²) >= 11 is 0. The fourth-order valence-corrected chi connectivity index (χ4v) is 9.08. The van der Waals surface area contributed by atoms with E-state index in [1.807, 2.05) is 0 Å². The topological polar surface area (TPSA) is 8.17 Å². The molecular formula is C55H44N2. The molecular weight excluding hydrogens is 689 g/mol. The van der Waals surface area contributed by atoms with Crippen LogP contribution in [0.2, 0.25) is 0 Å². The third-order valence-corrected chi connectivity index (χ3v) is 12.1. The number of para-hydroxylation sites is 1. The molecule has 1 aromatic heterocycles. The minimum atomic E-state index is -0.0995. The van der Waals surface area contributed by atoms with Gasteiger partial charge in [0.05, 0.1) is 5.69 Å². The molecule has 0 saturated heterocycles. The monoisotopic (exact) mass is 732 g/mol. The van der Waals surface area contributed by atoms with E-state index in [1.165, 1.54) is 83.4 Å². The number of rotatable bonds is 7. The number of fused-ring (bicyclic) bond motifs is 4. The Balaban J connectivity index is 1.08. The summed E-state index contributed by atoms with van der Waals surface area (Å²) in [6, 6.07) is 71.3. The van der Waals surface area contributed by atoms with Gasteiger partial charge in [0.15, 0.2) is 0 Å². The largest absolute Gasteiger partial charge is 0.343 e. The Bertz CT molecular complexity index is 2890. The molecule has 1 heterocycles. The van der Waals surface area contributed by atoms with Gasteiger partial charge in [-0.1, -0.05) is 171 Å². The van der Waals surface area contributed by atoms with Gasteiger partial charge in [0.1, 0.15) is 0 Å². The molecule has 0 atom stereocenters. The van der Waals surface area contributed by atoms with E-state index in [0.29, 0.717) is 0 Å². The molecule has 0 bridgehead atoms. The molecule has 0 unspecified atom stereocenters. The first-order valence-electron chi connectivity index (χ1n) is 19.9. The minimum Gasteiger partial charge on any atom is -0.343 e. The van der Waals surface area contributed by atoms with Crippen molar-refractivity contribution in [2.45, 2.75) is 26.2 Å². The normalized spacial score (nSPS) is 12.7. The van der Waals surface area contributed by atoms with Crippen LogP contribution in [0.1, 0.15) is 30.5 Å². The van der Waals surface area contributed by atoms with E-state index in [1.54, 1.807) is 0 Å². The van der Waals surface area contributed by atoms with Crippen LogP contribution in [0.5, 0.6) is 0 Å². The van der Waals surface area contributed by atoms with Gasteiger partial charge in [-0.25, -0.2) is 0 Å². The van der Waals surface area contributed by atoms with E-state index < -0.39 is 0 Å². The number of benzene rings is 8. The lowest BCUT2D eigenvalue weighted by Crippen LogP contribution is -2.16. The van der Waals surface area contributed by atoms with Gasteiger partial charge in [0.25, 0.3) is 0 Å².